The average molecular weight is 290 g/mol. The number of aliphatic hydroxyl groups is 1. The van der Waals surface area contributed by atoms with Crippen molar-refractivity contribution in [2.24, 2.45) is 5.92 Å². The van der Waals surface area contributed by atoms with Crippen molar-refractivity contribution >= 4 is 0 Å². The summed E-state index contributed by atoms with van der Waals surface area (Å²) in [6, 6.07) is 6.28. The van der Waals surface area contributed by atoms with Crippen LogP contribution in [-0.2, 0) is 6.54 Å². The summed E-state index contributed by atoms with van der Waals surface area (Å²) in [5, 5.41) is 9.47. The Bertz CT molecular complexity index is 597. The number of likely N-dealkylation sites (tertiary alicyclic amines) is 1. The third-order valence-electron chi connectivity index (χ3n) is 4.19. The first-order valence-corrected chi connectivity index (χ1v) is 7.22. The maximum atomic E-state index is 12.9. The van der Waals surface area contributed by atoms with Gasteiger partial charge in [-0.05, 0) is 43.1 Å². The van der Waals surface area contributed by atoms with Crippen LogP contribution in [0.2, 0.25) is 0 Å². The van der Waals surface area contributed by atoms with Crippen LogP contribution in [-0.4, -0.2) is 34.2 Å². The average Bonchev–Trinajstić information content (AvgIpc) is 3.07. The molecule has 0 spiro atoms. The van der Waals surface area contributed by atoms with Gasteiger partial charge in [-0.2, -0.15) is 0 Å². The third-order valence-corrected chi connectivity index (χ3v) is 4.19. The monoisotopic (exact) mass is 290 g/mol. The zero-order valence-electron chi connectivity index (χ0n) is 12.0. The Kier molecular flexibility index (Phi) is 4.03. The zero-order valence-corrected chi connectivity index (χ0v) is 12.0. The predicted octanol–water partition coefficient (Wildman–Crippen LogP) is 2.68. The lowest BCUT2D eigenvalue weighted by Crippen LogP contribution is -2.34. The highest BCUT2D eigenvalue weighted by molar-refractivity contribution is 5.52. The Morgan fingerprint density at radius 1 is 1.38 bits per heavy atom. The van der Waals surface area contributed by atoms with Crippen LogP contribution in [0.15, 0.2) is 34.9 Å². The maximum absolute atomic E-state index is 12.9. The van der Waals surface area contributed by atoms with Gasteiger partial charge >= 0.3 is 0 Å². The van der Waals surface area contributed by atoms with Gasteiger partial charge in [-0.25, -0.2) is 9.37 Å². The van der Waals surface area contributed by atoms with Crippen LogP contribution in [0.5, 0.6) is 0 Å². The molecule has 2 atom stereocenters. The molecule has 1 N–H and O–H groups in total. The van der Waals surface area contributed by atoms with Gasteiger partial charge < -0.3 is 9.52 Å². The lowest BCUT2D eigenvalue weighted by molar-refractivity contribution is 0.133. The van der Waals surface area contributed by atoms with E-state index in [1.165, 1.54) is 12.1 Å². The number of aromatic nitrogens is 1. The Balaban J connectivity index is 1.72. The molecule has 1 aliphatic rings. The molecule has 1 aromatic carbocycles. The molecule has 1 aliphatic heterocycles. The summed E-state index contributed by atoms with van der Waals surface area (Å²) in [6.45, 7) is 3.96. The molecule has 0 saturated carbocycles. The normalized spacial score (nSPS) is 22.8. The highest BCUT2D eigenvalue weighted by atomic mass is 19.1. The first-order valence-electron chi connectivity index (χ1n) is 7.22. The standard InChI is InChI=1S/C16H19FN2O2/c1-11-6-7-19(15(11)9-20)8-14-10-21-16(18-14)12-2-4-13(17)5-3-12/h2-5,10-11,15,20H,6-9H2,1H3. The van der Waals surface area contributed by atoms with Gasteiger partial charge in [-0.15, -0.1) is 0 Å². The van der Waals surface area contributed by atoms with E-state index in [0.29, 0.717) is 18.4 Å². The van der Waals surface area contributed by atoms with Crippen molar-refractivity contribution in [3.05, 3.63) is 42.0 Å². The van der Waals surface area contributed by atoms with E-state index in [2.05, 4.69) is 16.8 Å². The SMILES string of the molecule is CC1CCN(Cc2coc(-c3ccc(F)cc3)n2)C1CO. The fraction of sp³-hybridized carbons (Fsp3) is 0.438. The van der Waals surface area contributed by atoms with Gasteiger partial charge in [0.1, 0.15) is 12.1 Å². The summed E-state index contributed by atoms with van der Waals surface area (Å²) >= 11 is 0. The van der Waals surface area contributed by atoms with Gasteiger partial charge in [0.2, 0.25) is 5.89 Å². The van der Waals surface area contributed by atoms with Crippen molar-refractivity contribution in [3.63, 3.8) is 0 Å². The van der Waals surface area contributed by atoms with Crippen molar-refractivity contribution in [1.29, 1.82) is 0 Å². The van der Waals surface area contributed by atoms with Crippen molar-refractivity contribution in [2.75, 3.05) is 13.2 Å². The lowest BCUT2D eigenvalue weighted by Gasteiger charge is -2.23. The molecule has 2 heterocycles. The first kappa shape index (κ1) is 14.2. The van der Waals surface area contributed by atoms with E-state index in [-0.39, 0.29) is 18.5 Å². The van der Waals surface area contributed by atoms with Gasteiger partial charge in [0.15, 0.2) is 0 Å². The second-order valence-corrected chi connectivity index (χ2v) is 5.64. The van der Waals surface area contributed by atoms with Crippen LogP contribution < -0.4 is 0 Å². The van der Waals surface area contributed by atoms with Crippen LogP contribution in [0.4, 0.5) is 4.39 Å². The molecule has 0 amide bonds. The summed E-state index contributed by atoms with van der Waals surface area (Å²) in [5.74, 6) is 0.721. The van der Waals surface area contributed by atoms with Gasteiger partial charge in [0, 0.05) is 18.2 Å². The van der Waals surface area contributed by atoms with Gasteiger partial charge in [-0.3, -0.25) is 4.90 Å². The molecule has 2 unspecified atom stereocenters. The van der Waals surface area contributed by atoms with E-state index in [1.807, 2.05) is 0 Å². The summed E-state index contributed by atoms with van der Waals surface area (Å²) in [6.07, 6.45) is 2.73. The number of aliphatic hydroxyl groups excluding tert-OH is 1. The molecule has 1 aromatic heterocycles. The quantitative estimate of drug-likeness (QED) is 0.940. The minimum absolute atomic E-state index is 0.170. The fourth-order valence-electron chi connectivity index (χ4n) is 2.89. The molecule has 3 rings (SSSR count). The molecule has 1 fully saturated rings. The number of halogens is 1. The second-order valence-electron chi connectivity index (χ2n) is 5.64. The first-order chi connectivity index (χ1) is 10.2. The number of hydrogen-bond acceptors (Lipinski definition) is 4. The smallest absolute Gasteiger partial charge is 0.226 e. The van der Waals surface area contributed by atoms with Gasteiger partial charge in [0.25, 0.3) is 0 Å². The lowest BCUT2D eigenvalue weighted by atomic mass is 10.0. The van der Waals surface area contributed by atoms with Crippen molar-refractivity contribution < 1.29 is 13.9 Å². The number of benzene rings is 1. The molecule has 0 radical (unpaired) electrons. The number of oxazole rings is 1. The molecule has 1 saturated heterocycles. The Morgan fingerprint density at radius 2 is 2.14 bits per heavy atom. The molecule has 5 heteroatoms. The van der Waals surface area contributed by atoms with E-state index in [1.54, 1.807) is 18.4 Å². The van der Waals surface area contributed by atoms with Crippen LogP contribution in [0.25, 0.3) is 11.5 Å². The van der Waals surface area contributed by atoms with Gasteiger partial charge in [-0.1, -0.05) is 6.92 Å². The highest BCUT2D eigenvalue weighted by Gasteiger charge is 2.30. The van der Waals surface area contributed by atoms with Crippen LogP contribution in [0.1, 0.15) is 19.0 Å². The highest BCUT2D eigenvalue weighted by Crippen LogP contribution is 2.26. The topological polar surface area (TPSA) is 49.5 Å². The zero-order chi connectivity index (χ0) is 14.8. The van der Waals surface area contributed by atoms with E-state index in [9.17, 15) is 9.50 Å². The Hall–Kier alpha value is -1.72. The fourth-order valence-corrected chi connectivity index (χ4v) is 2.89. The number of hydrogen-bond donors (Lipinski definition) is 1. The van der Waals surface area contributed by atoms with Crippen molar-refractivity contribution in [3.8, 4) is 11.5 Å². The molecule has 4 nitrogen and oxygen atoms in total. The van der Waals surface area contributed by atoms with Crippen LogP contribution >= 0.6 is 0 Å². The maximum Gasteiger partial charge on any atom is 0.226 e. The predicted molar refractivity (Wildman–Crippen MR) is 77.0 cm³/mol. The third kappa shape index (κ3) is 2.99. The van der Waals surface area contributed by atoms with Crippen LogP contribution in [0, 0.1) is 11.7 Å². The van der Waals surface area contributed by atoms with Crippen LogP contribution in [0.3, 0.4) is 0 Å². The molecule has 0 bridgehead atoms. The number of nitrogens with zero attached hydrogens (tertiary/aromatic N) is 2. The largest absolute Gasteiger partial charge is 0.444 e. The molecular formula is C16H19FN2O2. The van der Waals surface area contributed by atoms with Gasteiger partial charge in [0.05, 0.1) is 12.3 Å². The molecule has 0 aliphatic carbocycles. The Morgan fingerprint density at radius 3 is 2.86 bits per heavy atom. The van der Waals surface area contributed by atoms with Crippen molar-refractivity contribution in [2.45, 2.75) is 25.9 Å². The van der Waals surface area contributed by atoms with E-state index < -0.39 is 0 Å². The molecular weight excluding hydrogens is 271 g/mol. The minimum Gasteiger partial charge on any atom is -0.444 e. The van der Waals surface area contributed by atoms with E-state index in [4.69, 9.17) is 4.42 Å². The summed E-state index contributed by atoms with van der Waals surface area (Å²) in [5.41, 5.74) is 1.60. The van der Waals surface area contributed by atoms with E-state index in [0.717, 1.165) is 24.2 Å². The van der Waals surface area contributed by atoms with E-state index >= 15 is 0 Å². The second kappa shape index (κ2) is 5.95. The summed E-state index contributed by atoms with van der Waals surface area (Å²) < 4.78 is 18.4. The summed E-state index contributed by atoms with van der Waals surface area (Å²) in [7, 11) is 0. The molecule has 112 valence electrons. The number of rotatable bonds is 4. The molecule has 2 aromatic rings. The Labute approximate surface area is 123 Å². The van der Waals surface area contributed by atoms with Crippen molar-refractivity contribution in [1.82, 2.24) is 9.88 Å². The minimum atomic E-state index is -0.276. The summed E-state index contributed by atoms with van der Waals surface area (Å²) in [4.78, 5) is 6.69. The molecule has 21 heavy (non-hydrogen) atoms.